The largest absolute Gasteiger partial charge is 0.309 e. The van der Waals surface area contributed by atoms with Crippen molar-refractivity contribution in [1.82, 2.24) is 0 Å². The van der Waals surface area contributed by atoms with Gasteiger partial charge in [-0.15, -0.1) is 0 Å². The first-order valence-electron chi connectivity index (χ1n) is 6.30. The molecule has 0 aliphatic carbocycles. The smallest absolute Gasteiger partial charge is 0.166 e. The maximum atomic E-state index is 13.5. The molecule has 21 heavy (non-hydrogen) atoms. The van der Waals surface area contributed by atoms with Crippen molar-refractivity contribution in [1.29, 1.82) is 10.5 Å². The SMILES string of the molecule is C=C(C)P(=O)(c1ccccc1)c1cc(C#N)cc(C#N)c1. The van der Waals surface area contributed by atoms with Crippen molar-refractivity contribution in [2.45, 2.75) is 6.92 Å². The van der Waals surface area contributed by atoms with Gasteiger partial charge in [-0.05, 0) is 30.4 Å². The third kappa shape index (κ3) is 2.65. The summed E-state index contributed by atoms with van der Waals surface area (Å²) in [5.41, 5.74) is 0.642. The van der Waals surface area contributed by atoms with Gasteiger partial charge < -0.3 is 4.57 Å². The molecule has 0 aliphatic heterocycles. The van der Waals surface area contributed by atoms with Crippen LogP contribution in [0.15, 0.2) is 60.4 Å². The molecule has 0 radical (unpaired) electrons. The summed E-state index contributed by atoms with van der Waals surface area (Å²) in [6.07, 6.45) is 0. The number of nitriles is 2. The third-order valence-electron chi connectivity index (χ3n) is 3.20. The van der Waals surface area contributed by atoms with E-state index in [1.165, 1.54) is 6.07 Å². The summed E-state index contributed by atoms with van der Waals surface area (Å²) in [6, 6.07) is 17.7. The summed E-state index contributed by atoms with van der Waals surface area (Å²) in [7, 11) is -3.07. The Balaban J connectivity index is 2.77. The van der Waals surface area contributed by atoms with E-state index in [1.807, 2.05) is 30.3 Å². The number of allylic oxidation sites excluding steroid dienone is 1. The number of rotatable bonds is 3. The van der Waals surface area contributed by atoms with Crippen LogP contribution in [0.1, 0.15) is 18.1 Å². The molecule has 0 heterocycles. The molecular formula is C17H13N2OP. The molecule has 0 saturated heterocycles. The van der Waals surface area contributed by atoms with Gasteiger partial charge in [-0.25, -0.2) is 0 Å². The average Bonchev–Trinajstić information content (AvgIpc) is 2.54. The minimum Gasteiger partial charge on any atom is -0.309 e. The second-order valence-corrected chi connectivity index (χ2v) is 7.69. The van der Waals surface area contributed by atoms with Crippen LogP contribution in [0.3, 0.4) is 0 Å². The Hall–Kier alpha value is -2.61. The van der Waals surface area contributed by atoms with E-state index in [9.17, 15) is 4.57 Å². The molecule has 0 bridgehead atoms. The van der Waals surface area contributed by atoms with Gasteiger partial charge in [0.2, 0.25) is 0 Å². The molecule has 4 heteroatoms. The zero-order valence-corrected chi connectivity index (χ0v) is 12.5. The molecule has 0 aliphatic rings. The predicted molar refractivity (Wildman–Crippen MR) is 84.0 cm³/mol. The Morgan fingerprint density at radius 2 is 1.52 bits per heavy atom. The van der Waals surface area contributed by atoms with Crippen LogP contribution in [-0.4, -0.2) is 0 Å². The van der Waals surface area contributed by atoms with Crippen molar-refractivity contribution in [3.8, 4) is 12.1 Å². The summed E-state index contributed by atoms with van der Waals surface area (Å²) < 4.78 is 13.5. The van der Waals surface area contributed by atoms with E-state index < -0.39 is 7.14 Å². The normalized spacial score (nSPS) is 12.7. The zero-order valence-electron chi connectivity index (χ0n) is 11.6. The molecule has 0 aromatic heterocycles. The number of hydrogen-bond acceptors (Lipinski definition) is 3. The quantitative estimate of drug-likeness (QED) is 0.815. The van der Waals surface area contributed by atoms with E-state index in [1.54, 1.807) is 31.2 Å². The first kappa shape index (κ1) is 14.8. The summed E-state index contributed by atoms with van der Waals surface area (Å²) >= 11 is 0. The fourth-order valence-corrected chi connectivity index (χ4v) is 4.56. The van der Waals surface area contributed by atoms with E-state index in [0.717, 1.165) is 0 Å². The second kappa shape index (κ2) is 5.80. The first-order valence-corrected chi connectivity index (χ1v) is 8.00. The maximum absolute atomic E-state index is 13.5. The molecule has 1 atom stereocenters. The lowest BCUT2D eigenvalue weighted by Gasteiger charge is -2.19. The Bertz CT molecular complexity index is 794. The summed E-state index contributed by atoms with van der Waals surface area (Å²) in [5, 5.41) is 19.8. The number of nitrogens with zero attached hydrogens (tertiary/aromatic N) is 2. The Kier molecular flexibility index (Phi) is 4.08. The Morgan fingerprint density at radius 3 is 1.95 bits per heavy atom. The lowest BCUT2D eigenvalue weighted by Crippen LogP contribution is -2.17. The van der Waals surface area contributed by atoms with Crippen molar-refractivity contribution in [3.63, 3.8) is 0 Å². The van der Waals surface area contributed by atoms with Crippen molar-refractivity contribution in [3.05, 3.63) is 71.6 Å². The molecule has 0 saturated carbocycles. The summed E-state index contributed by atoms with van der Waals surface area (Å²) in [4.78, 5) is 0. The average molecular weight is 292 g/mol. The van der Waals surface area contributed by atoms with Crippen LogP contribution in [0, 0.1) is 22.7 Å². The van der Waals surface area contributed by atoms with Gasteiger partial charge in [0.15, 0.2) is 7.14 Å². The molecule has 1 unspecified atom stereocenters. The number of benzene rings is 2. The van der Waals surface area contributed by atoms with Crippen LogP contribution in [-0.2, 0) is 4.57 Å². The zero-order chi connectivity index (χ0) is 15.5. The summed E-state index contributed by atoms with van der Waals surface area (Å²) in [6.45, 7) is 5.57. The van der Waals surface area contributed by atoms with Gasteiger partial charge in [0.05, 0.1) is 23.3 Å². The highest BCUT2D eigenvalue weighted by atomic mass is 31.2. The van der Waals surface area contributed by atoms with E-state index in [2.05, 4.69) is 6.58 Å². The van der Waals surface area contributed by atoms with Gasteiger partial charge in [0, 0.05) is 10.6 Å². The fraction of sp³-hybridized carbons (Fsp3) is 0.0588. The van der Waals surface area contributed by atoms with Crippen molar-refractivity contribution in [2.75, 3.05) is 0 Å². The highest BCUT2D eigenvalue weighted by Crippen LogP contribution is 2.50. The van der Waals surface area contributed by atoms with Crippen molar-refractivity contribution in [2.24, 2.45) is 0 Å². The molecule has 0 spiro atoms. The van der Waals surface area contributed by atoms with Crippen LogP contribution in [0.25, 0.3) is 0 Å². The van der Waals surface area contributed by atoms with Crippen molar-refractivity contribution >= 4 is 17.8 Å². The maximum Gasteiger partial charge on any atom is 0.166 e. The minimum absolute atomic E-state index is 0.321. The van der Waals surface area contributed by atoms with Gasteiger partial charge in [-0.2, -0.15) is 10.5 Å². The monoisotopic (exact) mass is 292 g/mol. The Labute approximate surface area is 124 Å². The second-order valence-electron chi connectivity index (χ2n) is 4.67. The van der Waals surface area contributed by atoms with Crippen LogP contribution < -0.4 is 10.6 Å². The highest BCUT2D eigenvalue weighted by Gasteiger charge is 2.29. The van der Waals surface area contributed by atoms with Gasteiger partial charge >= 0.3 is 0 Å². The van der Waals surface area contributed by atoms with Gasteiger partial charge in [-0.1, -0.05) is 36.9 Å². The molecule has 2 aromatic rings. The van der Waals surface area contributed by atoms with Gasteiger partial charge in [0.1, 0.15) is 0 Å². The minimum atomic E-state index is -3.07. The van der Waals surface area contributed by atoms with Crippen LogP contribution in [0.2, 0.25) is 0 Å². The van der Waals surface area contributed by atoms with Crippen LogP contribution >= 0.6 is 7.14 Å². The first-order chi connectivity index (χ1) is 10.0. The molecule has 2 aromatic carbocycles. The molecule has 2 rings (SSSR count). The van der Waals surface area contributed by atoms with E-state index in [0.29, 0.717) is 27.1 Å². The molecule has 0 N–H and O–H groups in total. The molecule has 0 amide bonds. The molecular weight excluding hydrogens is 279 g/mol. The van der Waals surface area contributed by atoms with E-state index >= 15 is 0 Å². The molecule has 102 valence electrons. The Morgan fingerprint density at radius 1 is 1.00 bits per heavy atom. The summed E-state index contributed by atoms with van der Waals surface area (Å²) in [5.74, 6) is 0. The predicted octanol–water partition coefficient (Wildman–Crippen LogP) is 3.28. The van der Waals surface area contributed by atoms with Gasteiger partial charge in [0.25, 0.3) is 0 Å². The standard InChI is InChI=1S/C17H13N2OP/c1-13(2)21(20,16-6-4-3-5-7-16)17-9-14(11-18)8-15(10-17)12-19/h3-10H,1H2,2H3. The lowest BCUT2D eigenvalue weighted by molar-refractivity contribution is 0.590. The molecule has 3 nitrogen and oxygen atoms in total. The topological polar surface area (TPSA) is 64.7 Å². The van der Waals surface area contributed by atoms with Crippen molar-refractivity contribution < 1.29 is 4.57 Å². The van der Waals surface area contributed by atoms with E-state index in [-0.39, 0.29) is 0 Å². The number of hydrogen-bond donors (Lipinski definition) is 0. The third-order valence-corrected chi connectivity index (χ3v) is 6.28. The molecule has 0 fully saturated rings. The fourth-order valence-electron chi connectivity index (χ4n) is 2.15. The highest BCUT2D eigenvalue weighted by molar-refractivity contribution is 7.82. The van der Waals surface area contributed by atoms with E-state index in [4.69, 9.17) is 10.5 Å². The van der Waals surface area contributed by atoms with Crippen LogP contribution in [0.4, 0.5) is 0 Å². The lowest BCUT2D eigenvalue weighted by atomic mass is 10.1. The van der Waals surface area contributed by atoms with Gasteiger partial charge in [-0.3, -0.25) is 0 Å². The van der Waals surface area contributed by atoms with Crippen LogP contribution in [0.5, 0.6) is 0 Å².